The number of thiazole rings is 1. The maximum Gasteiger partial charge on any atom is 0.203 e. The van der Waals surface area contributed by atoms with Gasteiger partial charge in [-0.2, -0.15) is 0 Å². The highest BCUT2D eigenvalue weighted by molar-refractivity contribution is 7.07. The van der Waals surface area contributed by atoms with E-state index in [1.54, 1.807) is 45.1 Å². The SMILES string of the molecule is COc1cc(-c2csc(=Nc3cccnc3)n2C2CC2)cc(OC)c1OC. The molecule has 0 saturated heterocycles. The summed E-state index contributed by atoms with van der Waals surface area (Å²) in [6, 6.07) is 8.30. The van der Waals surface area contributed by atoms with Crippen LogP contribution in [0.2, 0.25) is 0 Å². The molecule has 6 nitrogen and oxygen atoms in total. The zero-order chi connectivity index (χ0) is 18.8. The van der Waals surface area contributed by atoms with Gasteiger partial charge in [0, 0.05) is 23.2 Å². The van der Waals surface area contributed by atoms with E-state index in [4.69, 9.17) is 19.2 Å². The van der Waals surface area contributed by atoms with Gasteiger partial charge in [0.2, 0.25) is 5.75 Å². The molecule has 7 heteroatoms. The Morgan fingerprint density at radius 1 is 1.11 bits per heavy atom. The Kier molecular flexibility index (Phi) is 4.85. The molecule has 0 atom stereocenters. The summed E-state index contributed by atoms with van der Waals surface area (Å²) in [5.41, 5.74) is 2.97. The fourth-order valence-corrected chi connectivity index (χ4v) is 4.04. The molecule has 27 heavy (non-hydrogen) atoms. The number of nitrogens with zero attached hydrogens (tertiary/aromatic N) is 3. The van der Waals surface area contributed by atoms with Crippen LogP contribution in [0.25, 0.3) is 11.3 Å². The predicted molar refractivity (Wildman–Crippen MR) is 105 cm³/mol. The summed E-state index contributed by atoms with van der Waals surface area (Å²) in [7, 11) is 4.87. The molecule has 140 valence electrons. The minimum atomic E-state index is 0.473. The Labute approximate surface area is 161 Å². The van der Waals surface area contributed by atoms with Crippen LogP contribution in [0, 0.1) is 0 Å². The van der Waals surface area contributed by atoms with Gasteiger partial charge < -0.3 is 18.8 Å². The number of aromatic nitrogens is 2. The summed E-state index contributed by atoms with van der Waals surface area (Å²) in [5.74, 6) is 1.88. The molecule has 0 unspecified atom stereocenters. The van der Waals surface area contributed by atoms with Crippen LogP contribution in [0.4, 0.5) is 5.69 Å². The quantitative estimate of drug-likeness (QED) is 0.640. The Hall–Kier alpha value is -2.80. The molecule has 0 radical (unpaired) electrons. The Morgan fingerprint density at radius 3 is 2.41 bits per heavy atom. The number of hydrogen-bond acceptors (Lipinski definition) is 6. The van der Waals surface area contributed by atoms with Crippen LogP contribution < -0.4 is 19.0 Å². The lowest BCUT2D eigenvalue weighted by atomic mass is 10.1. The first-order chi connectivity index (χ1) is 13.2. The zero-order valence-electron chi connectivity index (χ0n) is 15.5. The van der Waals surface area contributed by atoms with E-state index >= 15 is 0 Å². The lowest BCUT2D eigenvalue weighted by molar-refractivity contribution is 0.324. The van der Waals surface area contributed by atoms with E-state index in [-0.39, 0.29) is 0 Å². The molecule has 0 N–H and O–H groups in total. The van der Waals surface area contributed by atoms with E-state index in [0.717, 1.165) is 34.6 Å². The van der Waals surface area contributed by atoms with Crippen LogP contribution in [0.1, 0.15) is 18.9 Å². The average Bonchev–Trinajstić information content (AvgIpc) is 3.47. The van der Waals surface area contributed by atoms with Crippen molar-refractivity contribution in [2.75, 3.05) is 21.3 Å². The van der Waals surface area contributed by atoms with E-state index in [1.807, 2.05) is 24.3 Å². The summed E-state index contributed by atoms with van der Waals surface area (Å²) >= 11 is 1.63. The Morgan fingerprint density at radius 2 is 1.85 bits per heavy atom. The number of methoxy groups -OCH3 is 3. The number of ether oxygens (including phenoxy) is 3. The molecule has 0 amide bonds. The summed E-state index contributed by atoms with van der Waals surface area (Å²) in [4.78, 5) is 9.92. The lowest BCUT2D eigenvalue weighted by Crippen LogP contribution is -2.14. The van der Waals surface area contributed by atoms with E-state index in [1.165, 1.54) is 0 Å². The highest BCUT2D eigenvalue weighted by atomic mass is 32.1. The van der Waals surface area contributed by atoms with Crippen LogP contribution >= 0.6 is 11.3 Å². The van der Waals surface area contributed by atoms with Crippen molar-refractivity contribution in [2.24, 2.45) is 4.99 Å². The second-order valence-corrected chi connectivity index (χ2v) is 7.08. The van der Waals surface area contributed by atoms with Crippen molar-refractivity contribution in [1.82, 2.24) is 9.55 Å². The molecule has 0 bridgehead atoms. The standard InChI is InChI=1S/C20H21N3O3S/c1-24-17-9-13(10-18(25-2)19(17)26-3)16-12-27-20(23(16)15-6-7-15)22-14-5-4-8-21-11-14/h4-5,8-12,15H,6-7H2,1-3H3. The molecule has 0 aliphatic heterocycles. The van der Waals surface area contributed by atoms with Crippen LogP contribution in [0.5, 0.6) is 17.2 Å². The fourth-order valence-electron chi connectivity index (χ4n) is 3.06. The van der Waals surface area contributed by atoms with Crippen molar-refractivity contribution >= 4 is 17.0 Å². The third kappa shape index (κ3) is 3.42. The predicted octanol–water partition coefficient (Wildman–Crippen LogP) is 4.20. The average molecular weight is 383 g/mol. The first kappa shape index (κ1) is 17.6. The van der Waals surface area contributed by atoms with E-state index in [9.17, 15) is 0 Å². The maximum absolute atomic E-state index is 5.52. The lowest BCUT2D eigenvalue weighted by Gasteiger charge is -2.15. The van der Waals surface area contributed by atoms with Crippen molar-refractivity contribution < 1.29 is 14.2 Å². The first-order valence-electron chi connectivity index (χ1n) is 8.70. The molecular weight excluding hydrogens is 362 g/mol. The minimum absolute atomic E-state index is 0.473. The van der Waals surface area contributed by atoms with Gasteiger partial charge in [0.25, 0.3) is 0 Å². The van der Waals surface area contributed by atoms with Crippen LogP contribution in [-0.2, 0) is 0 Å². The van der Waals surface area contributed by atoms with Gasteiger partial charge in [-0.25, -0.2) is 4.99 Å². The first-order valence-corrected chi connectivity index (χ1v) is 9.58. The fraction of sp³-hybridized carbons (Fsp3) is 0.300. The monoisotopic (exact) mass is 383 g/mol. The number of rotatable bonds is 6. The highest BCUT2D eigenvalue weighted by Gasteiger charge is 2.28. The van der Waals surface area contributed by atoms with Gasteiger partial charge in [-0.1, -0.05) is 0 Å². The molecule has 2 aromatic heterocycles. The van der Waals surface area contributed by atoms with Gasteiger partial charge in [0.05, 0.1) is 38.9 Å². The number of hydrogen-bond donors (Lipinski definition) is 0. The van der Waals surface area contributed by atoms with Gasteiger partial charge >= 0.3 is 0 Å². The zero-order valence-corrected chi connectivity index (χ0v) is 16.3. The van der Waals surface area contributed by atoms with E-state index < -0.39 is 0 Å². The summed E-state index contributed by atoms with van der Waals surface area (Å²) in [6.07, 6.45) is 5.85. The Balaban J connectivity index is 1.87. The van der Waals surface area contributed by atoms with Crippen LogP contribution in [0.15, 0.2) is 47.0 Å². The Bertz CT molecular complexity index is 982. The molecule has 1 aromatic carbocycles. The second-order valence-electron chi connectivity index (χ2n) is 6.24. The molecule has 1 fully saturated rings. The molecule has 1 aliphatic carbocycles. The smallest absolute Gasteiger partial charge is 0.203 e. The molecule has 3 aromatic rings. The molecule has 1 aliphatic rings. The summed E-state index contributed by atoms with van der Waals surface area (Å²) < 4.78 is 18.8. The molecule has 1 saturated carbocycles. The second kappa shape index (κ2) is 7.44. The summed E-state index contributed by atoms with van der Waals surface area (Å²) in [5, 5.41) is 2.13. The van der Waals surface area contributed by atoms with Crippen molar-refractivity contribution in [2.45, 2.75) is 18.9 Å². The molecular formula is C20H21N3O3S. The van der Waals surface area contributed by atoms with Crippen molar-refractivity contribution in [3.63, 3.8) is 0 Å². The van der Waals surface area contributed by atoms with Crippen LogP contribution in [-0.4, -0.2) is 30.9 Å². The van der Waals surface area contributed by atoms with Gasteiger partial charge in [-0.15, -0.1) is 11.3 Å². The molecule has 4 rings (SSSR count). The largest absolute Gasteiger partial charge is 0.493 e. The van der Waals surface area contributed by atoms with E-state index in [0.29, 0.717) is 23.3 Å². The van der Waals surface area contributed by atoms with Crippen molar-refractivity contribution in [3.8, 4) is 28.5 Å². The normalized spacial score (nSPS) is 14.3. The van der Waals surface area contributed by atoms with Crippen molar-refractivity contribution in [3.05, 3.63) is 46.8 Å². The third-order valence-corrected chi connectivity index (χ3v) is 5.32. The van der Waals surface area contributed by atoms with Gasteiger partial charge in [-0.05, 0) is 37.1 Å². The van der Waals surface area contributed by atoms with Crippen molar-refractivity contribution in [1.29, 1.82) is 0 Å². The summed E-state index contributed by atoms with van der Waals surface area (Å²) in [6.45, 7) is 0. The van der Waals surface area contributed by atoms with Gasteiger partial charge in [0.1, 0.15) is 0 Å². The van der Waals surface area contributed by atoms with E-state index in [2.05, 4.69) is 14.9 Å². The molecule has 0 spiro atoms. The third-order valence-electron chi connectivity index (χ3n) is 4.48. The van der Waals surface area contributed by atoms with Crippen LogP contribution in [0.3, 0.4) is 0 Å². The highest BCUT2D eigenvalue weighted by Crippen LogP contribution is 2.43. The topological polar surface area (TPSA) is 57.9 Å². The molecule has 2 heterocycles. The van der Waals surface area contributed by atoms with Gasteiger partial charge in [-0.3, -0.25) is 4.98 Å². The number of benzene rings is 1. The maximum atomic E-state index is 5.52. The van der Waals surface area contributed by atoms with Gasteiger partial charge in [0.15, 0.2) is 16.3 Å². The number of pyridine rings is 1. The minimum Gasteiger partial charge on any atom is -0.493 e.